The average Bonchev–Trinajstić information content (AvgIpc) is 2.37. The number of hydrogen-bond donors (Lipinski definition) is 2. The van der Waals surface area contributed by atoms with E-state index in [4.69, 9.17) is 5.11 Å². The Labute approximate surface area is 119 Å². The minimum absolute atomic E-state index is 2.46. The SMILES string of the molecule is OCC(F)(F)C(F)(F)C(F)(F)C(F)(F)C(F)(F)C(F)(F)CS. The first kappa shape index (κ1) is 21.5. The van der Waals surface area contributed by atoms with Crippen molar-refractivity contribution in [2.24, 2.45) is 0 Å². The standard InChI is InChI=1S/C8H6F12OS/c9-3(10,1-21)5(13,14)7(17,18)8(19,20)6(15,16)4(11,12)2-22/h21-22H,1-2H2. The molecule has 14 heteroatoms. The van der Waals surface area contributed by atoms with Gasteiger partial charge in [0.25, 0.3) is 0 Å². The summed E-state index contributed by atoms with van der Waals surface area (Å²) in [5.74, 6) is -44.4. The van der Waals surface area contributed by atoms with Gasteiger partial charge in [-0.15, -0.1) is 0 Å². The lowest BCUT2D eigenvalue weighted by atomic mass is 9.92. The van der Waals surface area contributed by atoms with Gasteiger partial charge in [0.2, 0.25) is 0 Å². The maximum Gasteiger partial charge on any atom is 0.384 e. The van der Waals surface area contributed by atoms with Gasteiger partial charge >= 0.3 is 35.5 Å². The number of rotatable bonds is 7. The highest BCUT2D eigenvalue weighted by molar-refractivity contribution is 7.80. The highest BCUT2D eigenvalue weighted by Gasteiger charge is 2.89. The topological polar surface area (TPSA) is 20.2 Å². The average molecular weight is 378 g/mol. The molecule has 0 saturated heterocycles. The molecule has 22 heavy (non-hydrogen) atoms. The van der Waals surface area contributed by atoms with Crippen molar-refractivity contribution in [1.82, 2.24) is 0 Å². The van der Waals surface area contributed by atoms with Gasteiger partial charge in [0, 0.05) is 0 Å². The van der Waals surface area contributed by atoms with Crippen LogP contribution in [0, 0.1) is 0 Å². The van der Waals surface area contributed by atoms with E-state index in [1.54, 1.807) is 0 Å². The Balaban J connectivity index is 6.19. The quantitative estimate of drug-likeness (QED) is 0.511. The van der Waals surface area contributed by atoms with E-state index in [-0.39, 0.29) is 0 Å². The minimum Gasteiger partial charge on any atom is -0.390 e. The zero-order valence-corrected chi connectivity index (χ0v) is 10.7. The van der Waals surface area contributed by atoms with Crippen molar-refractivity contribution >= 4 is 12.6 Å². The van der Waals surface area contributed by atoms with Crippen LogP contribution >= 0.6 is 12.6 Å². The molecule has 0 bridgehead atoms. The van der Waals surface area contributed by atoms with Crippen molar-refractivity contribution in [1.29, 1.82) is 0 Å². The molecule has 0 aliphatic heterocycles. The number of hydrogen-bond acceptors (Lipinski definition) is 2. The number of halogens is 12. The lowest BCUT2D eigenvalue weighted by molar-refractivity contribution is -0.424. The predicted molar refractivity (Wildman–Crippen MR) is 50.6 cm³/mol. The highest BCUT2D eigenvalue weighted by Crippen LogP contribution is 2.59. The third kappa shape index (κ3) is 2.61. The van der Waals surface area contributed by atoms with Crippen molar-refractivity contribution in [3.8, 4) is 0 Å². The molecule has 0 spiro atoms. The summed E-state index contributed by atoms with van der Waals surface area (Å²) in [6.45, 7) is -3.12. The number of aliphatic hydroxyl groups excluding tert-OH is 1. The molecular weight excluding hydrogens is 372 g/mol. The molecule has 0 aliphatic carbocycles. The Hall–Kier alpha value is -0.530. The lowest BCUT2D eigenvalue weighted by Crippen LogP contribution is -2.71. The largest absolute Gasteiger partial charge is 0.390 e. The summed E-state index contributed by atoms with van der Waals surface area (Å²) < 4.78 is 153. The van der Waals surface area contributed by atoms with E-state index in [1.807, 2.05) is 0 Å². The number of thiol groups is 1. The van der Waals surface area contributed by atoms with Crippen LogP contribution in [0.4, 0.5) is 52.7 Å². The summed E-state index contributed by atoms with van der Waals surface area (Å²) in [5, 5.41) is 7.81. The summed E-state index contributed by atoms with van der Waals surface area (Å²) in [5.41, 5.74) is 0. The fourth-order valence-corrected chi connectivity index (χ4v) is 1.25. The summed E-state index contributed by atoms with van der Waals surface area (Å²) in [7, 11) is 0. The Morgan fingerprint density at radius 1 is 0.545 bits per heavy atom. The monoisotopic (exact) mass is 378 g/mol. The smallest absolute Gasteiger partial charge is 0.384 e. The van der Waals surface area contributed by atoms with Crippen molar-refractivity contribution in [2.75, 3.05) is 12.4 Å². The van der Waals surface area contributed by atoms with E-state index < -0.39 is 47.9 Å². The van der Waals surface area contributed by atoms with E-state index >= 15 is 0 Å². The van der Waals surface area contributed by atoms with Crippen molar-refractivity contribution in [3.63, 3.8) is 0 Å². The summed E-state index contributed by atoms with van der Waals surface area (Å²) >= 11 is 2.49. The van der Waals surface area contributed by atoms with Crippen molar-refractivity contribution in [3.05, 3.63) is 0 Å². The molecule has 0 amide bonds. The van der Waals surface area contributed by atoms with Crippen LogP contribution in [0.3, 0.4) is 0 Å². The maximum absolute atomic E-state index is 12.9. The van der Waals surface area contributed by atoms with Gasteiger partial charge in [-0.05, 0) is 0 Å². The molecule has 0 radical (unpaired) electrons. The predicted octanol–water partition coefficient (Wildman–Crippen LogP) is 3.72. The van der Waals surface area contributed by atoms with E-state index in [1.165, 1.54) is 0 Å². The molecule has 0 saturated carbocycles. The first-order valence-electron chi connectivity index (χ1n) is 4.86. The molecule has 0 unspecified atom stereocenters. The van der Waals surface area contributed by atoms with Gasteiger partial charge in [-0.25, -0.2) is 0 Å². The molecule has 0 aromatic carbocycles. The summed E-state index contributed by atoms with van der Waals surface area (Å²) in [4.78, 5) is 0. The zero-order valence-electron chi connectivity index (χ0n) is 9.84. The van der Waals surface area contributed by atoms with E-state index in [0.717, 1.165) is 0 Å². The van der Waals surface area contributed by atoms with Gasteiger partial charge in [0.05, 0.1) is 5.75 Å². The van der Waals surface area contributed by atoms with Crippen molar-refractivity contribution in [2.45, 2.75) is 35.5 Å². The number of alkyl halides is 12. The van der Waals surface area contributed by atoms with Gasteiger partial charge in [-0.1, -0.05) is 0 Å². The molecule has 1 nitrogen and oxygen atoms in total. The molecule has 1 N–H and O–H groups in total. The van der Waals surface area contributed by atoms with Gasteiger partial charge < -0.3 is 5.11 Å². The van der Waals surface area contributed by atoms with Gasteiger partial charge in [0.15, 0.2) is 0 Å². The van der Waals surface area contributed by atoms with Crippen LogP contribution in [0.5, 0.6) is 0 Å². The second-order valence-electron chi connectivity index (χ2n) is 4.02. The van der Waals surface area contributed by atoms with Crippen LogP contribution in [0.1, 0.15) is 0 Å². The number of aliphatic hydroxyl groups is 1. The van der Waals surface area contributed by atoms with Crippen LogP contribution in [0.25, 0.3) is 0 Å². The Morgan fingerprint density at radius 2 is 0.818 bits per heavy atom. The van der Waals surface area contributed by atoms with Crippen LogP contribution in [0.2, 0.25) is 0 Å². The molecule has 0 heterocycles. The highest BCUT2D eigenvalue weighted by atomic mass is 32.1. The van der Waals surface area contributed by atoms with Crippen molar-refractivity contribution < 1.29 is 57.8 Å². The molecule has 0 aliphatic rings. The van der Waals surface area contributed by atoms with E-state index in [2.05, 4.69) is 12.6 Å². The molecule has 0 atom stereocenters. The van der Waals surface area contributed by atoms with Crippen LogP contribution in [-0.2, 0) is 0 Å². The van der Waals surface area contributed by atoms with Gasteiger partial charge in [-0.3, -0.25) is 0 Å². The van der Waals surface area contributed by atoms with E-state index in [9.17, 15) is 52.7 Å². The first-order chi connectivity index (χ1) is 9.37. The summed E-state index contributed by atoms with van der Waals surface area (Å²) in [6.07, 6.45) is 0. The molecule has 134 valence electrons. The molecule has 0 aromatic rings. The zero-order chi connectivity index (χ0) is 18.4. The van der Waals surface area contributed by atoms with E-state index in [0.29, 0.717) is 0 Å². The maximum atomic E-state index is 12.9. The summed E-state index contributed by atoms with van der Waals surface area (Å²) in [6, 6.07) is 0. The Kier molecular flexibility index (Phi) is 5.39. The fourth-order valence-electron chi connectivity index (χ4n) is 1.05. The third-order valence-corrected chi connectivity index (χ3v) is 2.90. The first-order valence-corrected chi connectivity index (χ1v) is 5.49. The third-order valence-electron chi connectivity index (χ3n) is 2.50. The minimum atomic E-state index is -7.62. The van der Waals surface area contributed by atoms with Crippen LogP contribution < -0.4 is 0 Å². The molecular formula is C8H6F12OS. The fraction of sp³-hybridized carbons (Fsp3) is 1.00. The molecule has 0 aromatic heterocycles. The van der Waals surface area contributed by atoms with Crippen LogP contribution in [0.15, 0.2) is 0 Å². The second kappa shape index (κ2) is 5.53. The molecule has 0 rings (SSSR count). The lowest BCUT2D eigenvalue weighted by Gasteiger charge is -2.40. The second-order valence-corrected chi connectivity index (χ2v) is 4.34. The Bertz CT molecular complexity index is 368. The normalized spacial score (nSPS) is 16.1. The van der Waals surface area contributed by atoms with Gasteiger partial charge in [0.1, 0.15) is 6.61 Å². The molecule has 0 fully saturated rings. The Morgan fingerprint density at radius 3 is 1.05 bits per heavy atom. The van der Waals surface area contributed by atoms with Crippen LogP contribution in [-0.4, -0.2) is 53.0 Å². The van der Waals surface area contributed by atoms with Gasteiger partial charge in [-0.2, -0.15) is 65.3 Å².